The van der Waals surface area contributed by atoms with Crippen molar-refractivity contribution in [2.24, 2.45) is 16.3 Å². The van der Waals surface area contributed by atoms with Crippen LogP contribution in [0.4, 0.5) is 10.1 Å². The molecule has 0 unspecified atom stereocenters. The zero-order valence-electron chi connectivity index (χ0n) is 11.0. The van der Waals surface area contributed by atoms with Crippen molar-refractivity contribution in [1.82, 2.24) is 0 Å². The van der Waals surface area contributed by atoms with Gasteiger partial charge in [-0.2, -0.15) is 0 Å². The second kappa shape index (κ2) is 5.03. The van der Waals surface area contributed by atoms with E-state index in [1.165, 1.54) is 30.5 Å². The lowest BCUT2D eigenvalue weighted by atomic mass is 9.72. The van der Waals surface area contributed by atoms with Crippen LogP contribution in [0.5, 0.6) is 0 Å². The largest absolute Gasteiger partial charge is 0.298 e. The van der Waals surface area contributed by atoms with Crippen LogP contribution in [0, 0.1) is 17.2 Å². The first kappa shape index (κ1) is 13.6. The Labute approximate surface area is 111 Å². The molecule has 0 aliphatic heterocycles. The number of ketones is 2. The average Bonchev–Trinajstić information content (AvgIpc) is 2.29. The van der Waals surface area contributed by atoms with Gasteiger partial charge >= 0.3 is 0 Å². The summed E-state index contributed by atoms with van der Waals surface area (Å²) in [5, 5.41) is 0. The van der Waals surface area contributed by atoms with E-state index < -0.39 is 5.92 Å². The molecule has 0 atom stereocenters. The third-order valence-electron chi connectivity index (χ3n) is 3.20. The summed E-state index contributed by atoms with van der Waals surface area (Å²) in [4.78, 5) is 27.9. The zero-order valence-corrected chi connectivity index (χ0v) is 11.0. The number of benzene rings is 1. The van der Waals surface area contributed by atoms with Crippen molar-refractivity contribution in [2.45, 2.75) is 26.7 Å². The number of aliphatic imine (C=N–C) groups is 1. The maximum atomic E-state index is 12.7. The number of Topliss-reactive ketones (excluding diaryl/α,β-unsaturated/α-hetero) is 2. The van der Waals surface area contributed by atoms with E-state index in [-0.39, 0.29) is 22.8 Å². The highest BCUT2D eigenvalue weighted by molar-refractivity contribution is 6.16. The monoisotopic (exact) mass is 261 g/mol. The van der Waals surface area contributed by atoms with Gasteiger partial charge in [0.1, 0.15) is 23.3 Å². The van der Waals surface area contributed by atoms with Crippen LogP contribution in [0.1, 0.15) is 26.7 Å². The molecule has 0 heterocycles. The standard InChI is InChI=1S/C15H16FNO2/c1-15(2)7-13(18)12(14(19)8-15)9-17-11-5-3-10(16)4-6-11/h3-6,9,12H,7-8H2,1-2H3. The van der Waals surface area contributed by atoms with E-state index >= 15 is 0 Å². The second-order valence-corrected chi connectivity index (χ2v) is 5.68. The number of hydrogen-bond acceptors (Lipinski definition) is 3. The molecular weight excluding hydrogens is 245 g/mol. The fourth-order valence-electron chi connectivity index (χ4n) is 2.26. The predicted molar refractivity (Wildman–Crippen MR) is 71.1 cm³/mol. The maximum absolute atomic E-state index is 12.7. The number of carbonyl (C=O) groups excluding carboxylic acids is 2. The van der Waals surface area contributed by atoms with Gasteiger partial charge in [-0.25, -0.2) is 4.39 Å². The van der Waals surface area contributed by atoms with E-state index in [1.807, 2.05) is 13.8 Å². The lowest BCUT2D eigenvalue weighted by Crippen LogP contribution is -2.38. The van der Waals surface area contributed by atoms with Crippen molar-refractivity contribution in [3.63, 3.8) is 0 Å². The molecule has 0 amide bonds. The van der Waals surface area contributed by atoms with E-state index in [1.54, 1.807) is 0 Å². The van der Waals surface area contributed by atoms with Gasteiger partial charge in [-0.15, -0.1) is 0 Å². The topological polar surface area (TPSA) is 46.5 Å². The van der Waals surface area contributed by atoms with Crippen LogP contribution in [-0.4, -0.2) is 17.8 Å². The summed E-state index contributed by atoms with van der Waals surface area (Å²) in [7, 11) is 0. The molecule has 1 saturated carbocycles. The van der Waals surface area contributed by atoms with Crippen LogP contribution < -0.4 is 0 Å². The van der Waals surface area contributed by atoms with Crippen molar-refractivity contribution in [3.05, 3.63) is 30.1 Å². The van der Waals surface area contributed by atoms with Crippen molar-refractivity contribution in [2.75, 3.05) is 0 Å². The molecule has 1 aliphatic rings. The molecule has 1 fully saturated rings. The highest BCUT2D eigenvalue weighted by Crippen LogP contribution is 2.33. The molecule has 0 N–H and O–H groups in total. The van der Waals surface area contributed by atoms with Gasteiger partial charge in [0.2, 0.25) is 0 Å². The molecule has 0 spiro atoms. The Morgan fingerprint density at radius 3 is 2.21 bits per heavy atom. The van der Waals surface area contributed by atoms with Crippen molar-refractivity contribution >= 4 is 23.5 Å². The molecule has 0 saturated heterocycles. The summed E-state index contributed by atoms with van der Waals surface area (Å²) in [5.74, 6) is -1.28. The van der Waals surface area contributed by atoms with E-state index in [9.17, 15) is 14.0 Å². The molecule has 100 valence electrons. The van der Waals surface area contributed by atoms with Crippen LogP contribution >= 0.6 is 0 Å². The number of hydrogen-bond donors (Lipinski definition) is 0. The van der Waals surface area contributed by atoms with Crippen molar-refractivity contribution in [1.29, 1.82) is 0 Å². The van der Waals surface area contributed by atoms with Crippen molar-refractivity contribution in [3.8, 4) is 0 Å². The first-order chi connectivity index (χ1) is 8.87. The minimum absolute atomic E-state index is 0.0906. The van der Waals surface area contributed by atoms with Gasteiger partial charge in [0.15, 0.2) is 0 Å². The van der Waals surface area contributed by atoms with E-state index in [2.05, 4.69) is 4.99 Å². The Balaban J connectivity index is 2.12. The van der Waals surface area contributed by atoms with Gasteiger partial charge in [0, 0.05) is 19.1 Å². The van der Waals surface area contributed by atoms with Crippen LogP contribution in [0.25, 0.3) is 0 Å². The number of carbonyl (C=O) groups is 2. The fourth-order valence-corrected chi connectivity index (χ4v) is 2.26. The third-order valence-corrected chi connectivity index (χ3v) is 3.20. The summed E-state index contributed by atoms with van der Waals surface area (Å²) in [6.07, 6.45) is 2.16. The number of halogens is 1. The molecule has 3 nitrogen and oxygen atoms in total. The molecule has 1 aromatic rings. The lowest BCUT2D eigenvalue weighted by Gasteiger charge is -2.30. The molecule has 19 heavy (non-hydrogen) atoms. The molecule has 1 aliphatic carbocycles. The maximum Gasteiger partial charge on any atom is 0.149 e. The smallest absolute Gasteiger partial charge is 0.149 e. The number of rotatable bonds is 2. The van der Waals surface area contributed by atoms with E-state index in [4.69, 9.17) is 0 Å². The van der Waals surface area contributed by atoms with Gasteiger partial charge in [-0.1, -0.05) is 13.8 Å². The first-order valence-corrected chi connectivity index (χ1v) is 6.23. The van der Waals surface area contributed by atoms with E-state index in [0.29, 0.717) is 18.5 Å². The van der Waals surface area contributed by atoms with Crippen LogP contribution in [0.15, 0.2) is 29.3 Å². The fraction of sp³-hybridized carbons (Fsp3) is 0.400. The average molecular weight is 261 g/mol. The molecular formula is C15H16FNO2. The Morgan fingerprint density at radius 1 is 1.16 bits per heavy atom. The molecule has 0 radical (unpaired) electrons. The second-order valence-electron chi connectivity index (χ2n) is 5.68. The lowest BCUT2D eigenvalue weighted by molar-refractivity contribution is -0.136. The highest BCUT2D eigenvalue weighted by atomic mass is 19.1. The Hall–Kier alpha value is -1.84. The summed E-state index contributed by atoms with van der Waals surface area (Å²) < 4.78 is 12.7. The van der Waals surface area contributed by atoms with E-state index in [0.717, 1.165) is 0 Å². The third kappa shape index (κ3) is 3.34. The Kier molecular flexibility index (Phi) is 3.60. The van der Waals surface area contributed by atoms with Gasteiger partial charge < -0.3 is 0 Å². The van der Waals surface area contributed by atoms with Crippen LogP contribution in [-0.2, 0) is 9.59 Å². The van der Waals surface area contributed by atoms with Gasteiger partial charge in [-0.3, -0.25) is 14.6 Å². The number of nitrogens with zero attached hydrogens (tertiary/aromatic N) is 1. The van der Waals surface area contributed by atoms with Crippen molar-refractivity contribution < 1.29 is 14.0 Å². The predicted octanol–water partition coefficient (Wildman–Crippen LogP) is 3.10. The zero-order chi connectivity index (χ0) is 14.0. The SMILES string of the molecule is CC1(C)CC(=O)C(C=Nc2ccc(F)cc2)C(=O)C1. The quantitative estimate of drug-likeness (QED) is 0.606. The van der Waals surface area contributed by atoms with Gasteiger partial charge in [0.05, 0.1) is 5.69 Å². The minimum Gasteiger partial charge on any atom is -0.298 e. The highest BCUT2D eigenvalue weighted by Gasteiger charge is 2.38. The molecule has 4 heteroatoms. The molecule has 1 aromatic carbocycles. The summed E-state index contributed by atoms with van der Waals surface area (Å²) in [6.45, 7) is 3.83. The van der Waals surface area contributed by atoms with Gasteiger partial charge in [0.25, 0.3) is 0 Å². The molecule has 0 aromatic heterocycles. The molecule has 2 rings (SSSR count). The van der Waals surface area contributed by atoms with Crippen LogP contribution in [0.2, 0.25) is 0 Å². The van der Waals surface area contributed by atoms with Crippen LogP contribution in [0.3, 0.4) is 0 Å². The summed E-state index contributed by atoms with van der Waals surface area (Å²) >= 11 is 0. The molecule has 0 bridgehead atoms. The van der Waals surface area contributed by atoms with Gasteiger partial charge in [-0.05, 0) is 29.7 Å². The normalized spacial score (nSPS) is 20.2. The first-order valence-electron chi connectivity index (χ1n) is 6.23. The summed E-state index contributed by atoms with van der Waals surface area (Å²) in [6, 6.07) is 5.60. The Morgan fingerprint density at radius 2 is 1.68 bits per heavy atom. The Bertz CT molecular complexity index is 512. The minimum atomic E-state index is -0.752. The summed E-state index contributed by atoms with van der Waals surface area (Å²) in [5.41, 5.74) is 0.279.